The molecule has 1 amide bonds. The Morgan fingerprint density at radius 3 is 2.52 bits per heavy atom. The molecule has 0 aliphatic carbocycles. The summed E-state index contributed by atoms with van der Waals surface area (Å²) < 4.78 is 26.4. The highest BCUT2D eigenvalue weighted by Gasteiger charge is 2.12. The van der Waals surface area contributed by atoms with E-state index in [1.54, 1.807) is 23.0 Å². The van der Waals surface area contributed by atoms with Crippen LogP contribution in [0, 0.1) is 0 Å². The number of hydrogen-bond acceptors (Lipinski definition) is 4. The van der Waals surface area contributed by atoms with Gasteiger partial charge in [0.1, 0.15) is 0 Å². The molecular weight excluding hydrogens is 340 g/mol. The van der Waals surface area contributed by atoms with Crippen molar-refractivity contribution in [1.29, 1.82) is 0 Å². The van der Waals surface area contributed by atoms with Crippen molar-refractivity contribution in [3.63, 3.8) is 0 Å². The Morgan fingerprint density at radius 1 is 1.30 bits per heavy atom. The maximum atomic E-state index is 12.1. The third-order valence-electron chi connectivity index (χ3n) is 2.89. The monoisotopic (exact) mass is 356 g/mol. The molecule has 2 N–H and O–H groups in total. The SMILES string of the molecule is CC(C)n1ccc(C(=O)Nc2ccc(NS(C)(=O)=O)c(Cl)c2)n1. The smallest absolute Gasteiger partial charge is 0.276 e. The third-order valence-corrected chi connectivity index (χ3v) is 3.80. The number of benzene rings is 1. The van der Waals surface area contributed by atoms with Gasteiger partial charge in [-0.1, -0.05) is 11.6 Å². The van der Waals surface area contributed by atoms with Gasteiger partial charge in [-0.05, 0) is 38.1 Å². The van der Waals surface area contributed by atoms with Gasteiger partial charge in [0.2, 0.25) is 10.0 Å². The molecule has 0 saturated heterocycles. The van der Waals surface area contributed by atoms with Crippen LogP contribution < -0.4 is 10.0 Å². The van der Waals surface area contributed by atoms with E-state index in [2.05, 4.69) is 15.1 Å². The number of anilines is 2. The molecule has 1 aromatic carbocycles. The van der Waals surface area contributed by atoms with E-state index in [-0.39, 0.29) is 28.4 Å². The number of aromatic nitrogens is 2. The van der Waals surface area contributed by atoms with Crippen molar-refractivity contribution < 1.29 is 13.2 Å². The Bertz CT molecular complexity index is 830. The van der Waals surface area contributed by atoms with Crippen molar-refractivity contribution in [3.05, 3.63) is 41.2 Å². The first-order valence-electron chi connectivity index (χ1n) is 6.79. The second kappa shape index (κ2) is 6.59. The van der Waals surface area contributed by atoms with Gasteiger partial charge in [-0.3, -0.25) is 14.2 Å². The molecule has 1 aromatic heterocycles. The molecule has 0 unspecified atom stereocenters. The summed E-state index contributed by atoms with van der Waals surface area (Å²) in [5.74, 6) is -0.371. The number of nitrogens with zero attached hydrogens (tertiary/aromatic N) is 2. The summed E-state index contributed by atoms with van der Waals surface area (Å²) in [4.78, 5) is 12.1. The molecule has 0 aliphatic heterocycles. The number of rotatable bonds is 5. The maximum Gasteiger partial charge on any atom is 0.276 e. The predicted molar refractivity (Wildman–Crippen MR) is 90.5 cm³/mol. The molecule has 0 spiro atoms. The lowest BCUT2D eigenvalue weighted by Crippen LogP contribution is -2.14. The molecule has 23 heavy (non-hydrogen) atoms. The van der Waals surface area contributed by atoms with Gasteiger partial charge in [0, 0.05) is 17.9 Å². The minimum absolute atomic E-state index is 0.160. The molecule has 7 nitrogen and oxygen atoms in total. The second-order valence-corrected chi connectivity index (χ2v) is 7.45. The summed E-state index contributed by atoms with van der Waals surface area (Å²) in [6, 6.07) is 6.28. The summed E-state index contributed by atoms with van der Waals surface area (Å²) in [5, 5.41) is 7.02. The van der Waals surface area contributed by atoms with Crippen LogP contribution in [0.1, 0.15) is 30.4 Å². The number of nitrogens with one attached hydrogen (secondary N) is 2. The number of hydrogen-bond donors (Lipinski definition) is 2. The van der Waals surface area contributed by atoms with Crippen molar-refractivity contribution >= 4 is 38.9 Å². The van der Waals surface area contributed by atoms with Crippen LogP contribution in [-0.4, -0.2) is 30.4 Å². The average molecular weight is 357 g/mol. The highest BCUT2D eigenvalue weighted by atomic mass is 35.5. The Morgan fingerprint density at radius 2 is 2.00 bits per heavy atom. The van der Waals surface area contributed by atoms with E-state index in [1.807, 2.05) is 13.8 Å². The fourth-order valence-corrected chi connectivity index (χ4v) is 2.68. The van der Waals surface area contributed by atoms with Crippen molar-refractivity contribution in [1.82, 2.24) is 9.78 Å². The van der Waals surface area contributed by atoms with Crippen molar-refractivity contribution in [2.24, 2.45) is 0 Å². The van der Waals surface area contributed by atoms with Gasteiger partial charge < -0.3 is 5.32 Å². The standard InChI is InChI=1S/C14H17ClN4O3S/c1-9(2)19-7-6-13(17-19)14(20)16-10-4-5-12(11(15)8-10)18-23(3,21)22/h4-9,18H,1-3H3,(H,16,20). The van der Waals surface area contributed by atoms with Crippen LogP contribution in [-0.2, 0) is 10.0 Å². The largest absolute Gasteiger partial charge is 0.321 e. The van der Waals surface area contributed by atoms with E-state index < -0.39 is 10.0 Å². The zero-order chi connectivity index (χ0) is 17.2. The molecule has 0 atom stereocenters. The van der Waals surface area contributed by atoms with Crippen LogP contribution in [0.3, 0.4) is 0 Å². The third kappa shape index (κ3) is 4.70. The zero-order valence-corrected chi connectivity index (χ0v) is 14.4. The van der Waals surface area contributed by atoms with Crippen molar-refractivity contribution in [2.75, 3.05) is 16.3 Å². The average Bonchev–Trinajstić information content (AvgIpc) is 2.90. The first-order valence-corrected chi connectivity index (χ1v) is 9.06. The summed E-state index contributed by atoms with van der Waals surface area (Å²) >= 11 is 6.01. The summed E-state index contributed by atoms with van der Waals surface area (Å²) in [5.41, 5.74) is 0.975. The van der Waals surface area contributed by atoms with Gasteiger partial charge in [-0.25, -0.2) is 8.42 Å². The van der Waals surface area contributed by atoms with Gasteiger partial charge in [-0.15, -0.1) is 0 Å². The molecule has 2 aromatic rings. The van der Waals surface area contributed by atoms with Crippen molar-refractivity contribution in [3.8, 4) is 0 Å². The van der Waals surface area contributed by atoms with E-state index >= 15 is 0 Å². The lowest BCUT2D eigenvalue weighted by Gasteiger charge is -2.09. The second-order valence-electron chi connectivity index (χ2n) is 5.30. The van der Waals surface area contributed by atoms with Crippen LogP contribution in [0.2, 0.25) is 5.02 Å². The minimum atomic E-state index is -3.42. The highest BCUT2D eigenvalue weighted by Crippen LogP contribution is 2.26. The minimum Gasteiger partial charge on any atom is -0.321 e. The molecule has 0 bridgehead atoms. The maximum absolute atomic E-state index is 12.1. The molecule has 0 radical (unpaired) electrons. The van der Waals surface area contributed by atoms with E-state index in [1.165, 1.54) is 12.1 Å². The molecule has 1 heterocycles. The van der Waals surface area contributed by atoms with E-state index in [4.69, 9.17) is 11.6 Å². The van der Waals surface area contributed by atoms with Crippen LogP contribution in [0.25, 0.3) is 0 Å². The molecule has 2 rings (SSSR count). The quantitative estimate of drug-likeness (QED) is 0.861. The summed E-state index contributed by atoms with van der Waals surface area (Å²) in [7, 11) is -3.42. The lowest BCUT2D eigenvalue weighted by atomic mass is 10.2. The number of carbonyl (C=O) groups is 1. The summed E-state index contributed by atoms with van der Waals surface area (Å²) in [6.45, 7) is 3.92. The van der Waals surface area contributed by atoms with Gasteiger partial charge in [0.15, 0.2) is 5.69 Å². The van der Waals surface area contributed by atoms with Gasteiger partial charge >= 0.3 is 0 Å². The lowest BCUT2D eigenvalue weighted by molar-refractivity contribution is 0.102. The first-order chi connectivity index (χ1) is 10.7. The number of carbonyl (C=O) groups excluding carboxylic acids is 1. The van der Waals surface area contributed by atoms with Gasteiger partial charge in [0.25, 0.3) is 5.91 Å². The molecular formula is C14H17ClN4O3S. The number of sulfonamides is 1. The topological polar surface area (TPSA) is 93.1 Å². The van der Waals surface area contributed by atoms with E-state index in [0.29, 0.717) is 5.69 Å². The fourth-order valence-electron chi connectivity index (χ4n) is 1.82. The van der Waals surface area contributed by atoms with Crippen LogP contribution in [0.4, 0.5) is 11.4 Å². The van der Waals surface area contributed by atoms with Crippen LogP contribution >= 0.6 is 11.6 Å². The number of halogens is 1. The predicted octanol–water partition coefficient (Wildman–Crippen LogP) is 2.74. The Labute approximate surface area is 139 Å². The van der Waals surface area contributed by atoms with Crippen LogP contribution in [0.5, 0.6) is 0 Å². The van der Waals surface area contributed by atoms with Gasteiger partial charge in [0.05, 0.1) is 17.0 Å². The Kier molecular flexibility index (Phi) is 4.96. The van der Waals surface area contributed by atoms with Crippen LogP contribution in [0.15, 0.2) is 30.5 Å². The Balaban J connectivity index is 2.13. The molecule has 124 valence electrons. The zero-order valence-electron chi connectivity index (χ0n) is 12.9. The fraction of sp³-hybridized carbons (Fsp3) is 0.286. The molecule has 0 fully saturated rings. The van der Waals surface area contributed by atoms with Gasteiger partial charge in [-0.2, -0.15) is 5.10 Å². The Hall–Kier alpha value is -2.06. The summed E-state index contributed by atoms with van der Waals surface area (Å²) in [6.07, 6.45) is 2.76. The molecule has 0 saturated carbocycles. The number of amides is 1. The normalized spacial score (nSPS) is 11.5. The molecule has 9 heteroatoms. The first kappa shape index (κ1) is 17.3. The van der Waals surface area contributed by atoms with E-state index in [0.717, 1.165) is 6.26 Å². The van der Waals surface area contributed by atoms with Crippen molar-refractivity contribution in [2.45, 2.75) is 19.9 Å². The van der Waals surface area contributed by atoms with E-state index in [9.17, 15) is 13.2 Å². The highest BCUT2D eigenvalue weighted by molar-refractivity contribution is 7.92. The molecule has 0 aliphatic rings.